The second-order valence-corrected chi connectivity index (χ2v) is 6.99. The van der Waals surface area contributed by atoms with Gasteiger partial charge in [-0.1, -0.05) is 38.1 Å². The molecule has 5 nitrogen and oxygen atoms in total. The highest BCUT2D eigenvalue weighted by Crippen LogP contribution is 2.33. The molecule has 0 fully saturated rings. The molecule has 2 heterocycles. The fourth-order valence-corrected chi connectivity index (χ4v) is 3.37. The van der Waals surface area contributed by atoms with Crippen molar-refractivity contribution in [1.82, 2.24) is 14.7 Å². The molecule has 0 spiro atoms. The number of hydrogen-bond acceptors (Lipinski definition) is 3. The van der Waals surface area contributed by atoms with E-state index in [1.165, 1.54) is 0 Å². The van der Waals surface area contributed by atoms with Gasteiger partial charge in [0, 0.05) is 24.6 Å². The first kappa shape index (κ1) is 16.4. The predicted octanol–water partition coefficient (Wildman–Crippen LogP) is 4.09. The van der Waals surface area contributed by atoms with Gasteiger partial charge in [0.1, 0.15) is 6.17 Å². The number of carbonyl (C=O) groups is 1. The molecule has 0 radical (unpaired) electrons. The van der Waals surface area contributed by atoms with E-state index in [0.717, 1.165) is 22.5 Å². The van der Waals surface area contributed by atoms with Gasteiger partial charge in [-0.15, -0.1) is 0 Å². The fraction of sp³-hybridized carbons (Fsp3) is 0.238. The van der Waals surface area contributed by atoms with Gasteiger partial charge in [0.2, 0.25) is 0 Å². The van der Waals surface area contributed by atoms with Crippen molar-refractivity contribution >= 4 is 11.6 Å². The standard InChI is InChI=1S/C21H22N4O/c1-15(2)14-24-20(23-19-7-4-3-6-18(19)21(24)26)16-8-10-17(11-9-16)25-13-5-12-22-25/h3-13,15,20,23H,14H2,1-2H3. The molecular weight excluding hydrogens is 324 g/mol. The highest BCUT2D eigenvalue weighted by atomic mass is 16.2. The summed E-state index contributed by atoms with van der Waals surface area (Å²) < 4.78 is 1.82. The van der Waals surface area contributed by atoms with Crippen LogP contribution in [0.15, 0.2) is 67.0 Å². The molecule has 1 aromatic heterocycles. The maximum atomic E-state index is 13.1. The summed E-state index contributed by atoms with van der Waals surface area (Å²) in [5.74, 6) is 0.464. The lowest BCUT2D eigenvalue weighted by Crippen LogP contribution is -2.44. The molecule has 2 aromatic carbocycles. The molecular formula is C21H22N4O. The van der Waals surface area contributed by atoms with Gasteiger partial charge in [0.25, 0.3) is 5.91 Å². The Balaban J connectivity index is 1.70. The van der Waals surface area contributed by atoms with E-state index >= 15 is 0 Å². The largest absolute Gasteiger partial charge is 0.361 e. The molecule has 4 rings (SSSR count). The maximum absolute atomic E-state index is 13.1. The molecule has 1 aliphatic rings. The quantitative estimate of drug-likeness (QED) is 0.774. The molecule has 1 atom stereocenters. The van der Waals surface area contributed by atoms with Crippen LogP contribution in [0.1, 0.15) is 35.9 Å². The number of nitrogens with zero attached hydrogens (tertiary/aromatic N) is 3. The Bertz CT molecular complexity index is 900. The van der Waals surface area contributed by atoms with Crippen molar-refractivity contribution in [3.63, 3.8) is 0 Å². The first-order valence-corrected chi connectivity index (χ1v) is 8.90. The Morgan fingerprint density at radius 3 is 2.54 bits per heavy atom. The third kappa shape index (κ3) is 2.96. The summed E-state index contributed by atoms with van der Waals surface area (Å²) in [5.41, 5.74) is 3.68. The van der Waals surface area contributed by atoms with Crippen molar-refractivity contribution < 1.29 is 4.79 Å². The fourth-order valence-electron chi connectivity index (χ4n) is 3.37. The van der Waals surface area contributed by atoms with E-state index < -0.39 is 0 Å². The maximum Gasteiger partial charge on any atom is 0.257 e. The van der Waals surface area contributed by atoms with Gasteiger partial charge in [-0.3, -0.25) is 4.79 Å². The highest BCUT2D eigenvalue weighted by Gasteiger charge is 2.32. The lowest BCUT2D eigenvalue weighted by Gasteiger charge is -2.39. The Kier molecular flexibility index (Phi) is 4.21. The van der Waals surface area contributed by atoms with Gasteiger partial charge in [0.15, 0.2) is 0 Å². The summed E-state index contributed by atoms with van der Waals surface area (Å²) in [6.07, 6.45) is 3.50. The zero-order chi connectivity index (χ0) is 18.1. The monoisotopic (exact) mass is 346 g/mol. The van der Waals surface area contributed by atoms with Crippen molar-refractivity contribution in [3.05, 3.63) is 78.1 Å². The Hall–Kier alpha value is -3.08. The average Bonchev–Trinajstić information content (AvgIpc) is 3.19. The Labute approximate surface area is 153 Å². The van der Waals surface area contributed by atoms with Crippen molar-refractivity contribution in [3.8, 4) is 5.69 Å². The van der Waals surface area contributed by atoms with Crippen molar-refractivity contribution in [2.45, 2.75) is 20.0 Å². The van der Waals surface area contributed by atoms with Crippen LogP contribution in [0.5, 0.6) is 0 Å². The zero-order valence-corrected chi connectivity index (χ0v) is 15.0. The Morgan fingerprint density at radius 2 is 1.85 bits per heavy atom. The van der Waals surface area contributed by atoms with E-state index in [4.69, 9.17) is 0 Å². The van der Waals surface area contributed by atoms with Gasteiger partial charge in [0.05, 0.1) is 11.3 Å². The van der Waals surface area contributed by atoms with Crippen LogP contribution in [-0.4, -0.2) is 27.1 Å². The highest BCUT2D eigenvalue weighted by molar-refractivity contribution is 6.01. The van der Waals surface area contributed by atoms with Crippen LogP contribution in [0.2, 0.25) is 0 Å². The van der Waals surface area contributed by atoms with Crippen LogP contribution in [0, 0.1) is 5.92 Å². The minimum absolute atomic E-state index is 0.0780. The number of carbonyl (C=O) groups excluding carboxylic acids is 1. The Morgan fingerprint density at radius 1 is 1.08 bits per heavy atom. The number of para-hydroxylation sites is 1. The number of fused-ring (bicyclic) bond motifs is 1. The lowest BCUT2D eigenvalue weighted by atomic mass is 10.0. The summed E-state index contributed by atoms with van der Waals surface area (Å²) in [5, 5.41) is 7.80. The molecule has 0 bridgehead atoms. The minimum Gasteiger partial charge on any atom is -0.361 e. The molecule has 1 amide bonds. The number of benzene rings is 2. The number of anilines is 1. The summed E-state index contributed by atoms with van der Waals surface area (Å²) in [7, 11) is 0. The van der Waals surface area contributed by atoms with E-state index in [0.29, 0.717) is 12.5 Å². The number of aromatic nitrogens is 2. The van der Waals surface area contributed by atoms with Crippen LogP contribution < -0.4 is 5.32 Å². The van der Waals surface area contributed by atoms with Crippen LogP contribution in [-0.2, 0) is 0 Å². The third-order valence-electron chi connectivity index (χ3n) is 4.56. The SMILES string of the molecule is CC(C)CN1C(=O)c2ccccc2NC1c1ccc(-n2cccn2)cc1. The number of hydrogen-bond donors (Lipinski definition) is 1. The van der Waals surface area contributed by atoms with Crippen LogP contribution >= 0.6 is 0 Å². The molecule has 1 N–H and O–H groups in total. The topological polar surface area (TPSA) is 50.2 Å². The number of nitrogens with one attached hydrogen (secondary N) is 1. The molecule has 0 aliphatic carbocycles. The van der Waals surface area contributed by atoms with E-state index in [2.05, 4.69) is 36.4 Å². The van der Waals surface area contributed by atoms with Gasteiger partial charge in [-0.05, 0) is 41.8 Å². The summed E-state index contributed by atoms with van der Waals surface area (Å²) in [4.78, 5) is 15.0. The molecule has 1 unspecified atom stereocenters. The van der Waals surface area contributed by atoms with Crippen LogP contribution in [0.4, 0.5) is 5.69 Å². The van der Waals surface area contributed by atoms with Gasteiger partial charge >= 0.3 is 0 Å². The van der Waals surface area contributed by atoms with Crippen molar-refractivity contribution in [2.24, 2.45) is 5.92 Å². The number of amides is 1. The molecule has 5 heteroatoms. The first-order chi connectivity index (χ1) is 12.6. The summed E-state index contributed by atoms with van der Waals surface area (Å²) >= 11 is 0. The normalized spacial score (nSPS) is 16.5. The molecule has 1 aliphatic heterocycles. The first-order valence-electron chi connectivity index (χ1n) is 8.90. The van der Waals surface area contributed by atoms with E-state index in [1.807, 2.05) is 58.2 Å². The molecule has 0 saturated heterocycles. The summed E-state index contributed by atoms with van der Waals surface area (Å²) in [6.45, 7) is 4.96. The van der Waals surface area contributed by atoms with E-state index in [9.17, 15) is 4.79 Å². The van der Waals surface area contributed by atoms with Crippen LogP contribution in [0.25, 0.3) is 5.69 Å². The molecule has 3 aromatic rings. The second-order valence-electron chi connectivity index (χ2n) is 6.99. The average molecular weight is 346 g/mol. The van der Waals surface area contributed by atoms with Gasteiger partial charge < -0.3 is 10.2 Å². The smallest absolute Gasteiger partial charge is 0.257 e. The zero-order valence-electron chi connectivity index (χ0n) is 15.0. The second kappa shape index (κ2) is 6.67. The molecule has 26 heavy (non-hydrogen) atoms. The lowest BCUT2D eigenvalue weighted by molar-refractivity contribution is 0.0658. The van der Waals surface area contributed by atoms with Gasteiger partial charge in [-0.25, -0.2) is 4.68 Å². The van der Waals surface area contributed by atoms with Crippen molar-refractivity contribution in [1.29, 1.82) is 0 Å². The van der Waals surface area contributed by atoms with Crippen molar-refractivity contribution in [2.75, 3.05) is 11.9 Å². The summed E-state index contributed by atoms with van der Waals surface area (Å²) in [6, 6.07) is 17.8. The van der Waals surface area contributed by atoms with Gasteiger partial charge in [-0.2, -0.15) is 5.10 Å². The predicted molar refractivity (Wildman–Crippen MR) is 102 cm³/mol. The number of rotatable bonds is 4. The minimum atomic E-state index is -0.175. The van der Waals surface area contributed by atoms with Crippen LogP contribution in [0.3, 0.4) is 0 Å². The third-order valence-corrected chi connectivity index (χ3v) is 4.56. The van der Waals surface area contributed by atoms with E-state index in [1.54, 1.807) is 6.20 Å². The molecule has 0 saturated carbocycles. The van der Waals surface area contributed by atoms with E-state index in [-0.39, 0.29) is 12.1 Å². The molecule has 132 valence electrons.